The van der Waals surface area contributed by atoms with Gasteiger partial charge in [-0.15, -0.1) is 0 Å². The van der Waals surface area contributed by atoms with E-state index in [1.807, 2.05) is 0 Å². The summed E-state index contributed by atoms with van der Waals surface area (Å²) < 4.78 is 5.82. The molecule has 0 bridgehead atoms. The Morgan fingerprint density at radius 3 is 2.45 bits per heavy atom. The van der Waals surface area contributed by atoms with E-state index in [9.17, 15) is 9.59 Å². The molecule has 2 heterocycles. The van der Waals surface area contributed by atoms with Crippen molar-refractivity contribution in [3.63, 3.8) is 0 Å². The number of likely N-dealkylation sites (tertiary alicyclic amines) is 1. The Kier molecular flexibility index (Phi) is 4.52. The van der Waals surface area contributed by atoms with Gasteiger partial charge in [0.25, 0.3) is 0 Å². The van der Waals surface area contributed by atoms with Crippen LogP contribution in [0.25, 0.3) is 0 Å². The number of rotatable bonds is 3. The molecule has 0 spiro atoms. The van der Waals surface area contributed by atoms with Crippen LogP contribution >= 0.6 is 0 Å². The molecule has 0 aromatic carbocycles. The summed E-state index contributed by atoms with van der Waals surface area (Å²) >= 11 is 0. The molecule has 0 radical (unpaired) electrons. The van der Waals surface area contributed by atoms with E-state index in [2.05, 4.69) is 19.2 Å². The molecule has 6 nitrogen and oxygen atoms in total. The van der Waals surface area contributed by atoms with Gasteiger partial charge in [-0.25, -0.2) is 4.79 Å². The van der Waals surface area contributed by atoms with Crippen LogP contribution in [0.4, 0.5) is 4.79 Å². The number of hydrogen-bond acceptors (Lipinski definition) is 3. The number of amides is 2. The number of carbonyl (C=O) groups excluding carboxylic acids is 1. The molecule has 114 valence electrons. The summed E-state index contributed by atoms with van der Waals surface area (Å²) in [6.07, 6.45) is 3.14. The highest BCUT2D eigenvalue weighted by atomic mass is 16.5. The quantitative estimate of drug-likeness (QED) is 0.822. The average molecular weight is 284 g/mol. The van der Waals surface area contributed by atoms with Crippen LogP contribution in [0.3, 0.4) is 0 Å². The molecule has 2 N–H and O–H groups in total. The van der Waals surface area contributed by atoms with E-state index in [-0.39, 0.29) is 23.7 Å². The summed E-state index contributed by atoms with van der Waals surface area (Å²) in [5.41, 5.74) is -0.0881. The lowest BCUT2D eigenvalue weighted by molar-refractivity contribution is -0.143. The van der Waals surface area contributed by atoms with Crippen molar-refractivity contribution in [3.05, 3.63) is 0 Å². The molecule has 2 aliphatic heterocycles. The number of carboxylic acid groups (broad SMARTS) is 1. The molecule has 6 heteroatoms. The number of ether oxygens (including phenoxy) is 1. The van der Waals surface area contributed by atoms with Gasteiger partial charge >= 0.3 is 12.0 Å². The van der Waals surface area contributed by atoms with E-state index in [0.717, 1.165) is 12.8 Å². The number of urea groups is 1. The number of nitrogens with zero attached hydrogens (tertiary/aromatic N) is 1. The fourth-order valence-corrected chi connectivity index (χ4v) is 2.86. The first-order valence-electron chi connectivity index (χ1n) is 7.31. The van der Waals surface area contributed by atoms with Gasteiger partial charge in [-0.1, -0.05) is 0 Å². The molecule has 2 saturated heterocycles. The minimum atomic E-state index is -0.758. The number of piperidine rings is 1. The molecule has 2 rings (SSSR count). The van der Waals surface area contributed by atoms with Crippen molar-refractivity contribution in [2.24, 2.45) is 5.92 Å². The molecule has 0 aliphatic carbocycles. The van der Waals surface area contributed by atoms with Crippen LogP contribution in [0.5, 0.6) is 0 Å². The van der Waals surface area contributed by atoms with Crippen LogP contribution in [-0.4, -0.2) is 53.3 Å². The lowest BCUT2D eigenvalue weighted by Gasteiger charge is -2.30. The number of aliphatic carboxylic acids is 1. The van der Waals surface area contributed by atoms with Crippen molar-refractivity contribution in [1.29, 1.82) is 0 Å². The third-order valence-electron chi connectivity index (χ3n) is 4.17. The number of hydrogen-bond donors (Lipinski definition) is 2. The molecule has 0 aromatic heterocycles. The summed E-state index contributed by atoms with van der Waals surface area (Å²) in [5, 5.41) is 11.8. The topological polar surface area (TPSA) is 78.9 Å². The minimum absolute atomic E-state index is 0.0881. The maximum Gasteiger partial charge on any atom is 0.317 e. The fourth-order valence-electron chi connectivity index (χ4n) is 2.86. The second-order valence-electron chi connectivity index (χ2n) is 6.32. The second kappa shape index (κ2) is 5.99. The molecule has 0 aromatic rings. The molecule has 1 atom stereocenters. The van der Waals surface area contributed by atoms with Gasteiger partial charge < -0.3 is 20.1 Å². The lowest BCUT2D eigenvalue weighted by Crippen LogP contribution is -2.47. The number of carboxylic acids is 1. The number of nitrogens with one attached hydrogen (secondary N) is 1. The van der Waals surface area contributed by atoms with E-state index in [0.29, 0.717) is 32.5 Å². The maximum absolute atomic E-state index is 12.0. The molecule has 20 heavy (non-hydrogen) atoms. The minimum Gasteiger partial charge on any atom is -0.481 e. The van der Waals surface area contributed by atoms with Crippen molar-refractivity contribution in [3.8, 4) is 0 Å². The van der Waals surface area contributed by atoms with Gasteiger partial charge in [0.05, 0.1) is 17.6 Å². The SMILES string of the molecule is CC1(C)CCC(CNC(=O)N2CCC(C(=O)O)CC2)O1. The van der Waals surface area contributed by atoms with E-state index in [4.69, 9.17) is 9.84 Å². The molecule has 2 aliphatic rings. The van der Waals surface area contributed by atoms with E-state index < -0.39 is 5.97 Å². The van der Waals surface area contributed by atoms with E-state index in [1.54, 1.807) is 4.90 Å². The Morgan fingerprint density at radius 2 is 1.95 bits per heavy atom. The van der Waals surface area contributed by atoms with Gasteiger partial charge in [0.15, 0.2) is 0 Å². The van der Waals surface area contributed by atoms with E-state index >= 15 is 0 Å². The predicted molar refractivity (Wildman–Crippen MR) is 73.5 cm³/mol. The zero-order valence-corrected chi connectivity index (χ0v) is 12.2. The van der Waals surface area contributed by atoms with Crippen LogP contribution in [0.15, 0.2) is 0 Å². The smallest absolute Gasteiger partial charge is 0.317 e. The summed E-state index contributed by atoms with van der Waals surface area (Å²) in [5.74, 6) is -1.07. The fraction of sp³-hybridized carbons (Fsp3) is 0.857. The van der Waals surface area contributed by atoms with Crippen LogP contribution in [0.1, 0.15) is 39.5 Å². The van der Waals surface area contributed by atoms with Crippen molar-refractivity contribution >= 4 is 12.0 Å². The third kappa shape index (κ3) is 3.85. The summed E-state index contributed by atoms with van der Waals surface area (Å²) in [7, 11) is 0. The first kappa shape index (κ1) is 15.1. The molecule has 2 amide bonds. The molecular weight excluding hydrogens is 260 g/mol. The van der Waals surface area contributed by atoms with Crippen LogP contribution in [-0.2, 0) is 9.53 Å². The Hall–Kier alpha value is -1.30. The second-order valence-corrected chi connectivity index (χ2v) is 6.32. The zero-order chi connectivity index (χ0) is 14.8. The average Bonchev–Trinajstić information content (AvgIpc) is 2.75. The Morgan fingerprint density at radius 1 is 1.30 bits per heavy atom. The lowest BCUT2D eigenvalue weighted by atomic mass is 9.97. The van der Waals surface area contributed by atoms with Gasteiger partial charge in [-0.3, -0.25) is 4.79 Å². The van der Waals surface area contributed by atoms with Crippen molar-refractivity contribution in [1.82, 2.24) is 10.2 Å². The van der Waals surface area contributed by atoms with Gasteiger partial charge in [-0.2, -0.15) is 0 Å². The largest absolute Gasteiger partial charge is 0.481 e. The highest BCUT2D eigenvalue weighted by Crippen LogP contribution is 2.28. The molecule has 0 saturated carbocycles. The van der Waals surface area contributed by atoms with Crippen LogP contribution < -0.4 is 5.32 Å². The van der Waals surface area contributed by atoms with Gasteiger partial charge in [0.2, 0.25) is 0 Å². The summed E-state index contributed by atoms with van der Waals surface area (Å²) in [6.45, 7) is 5.68. The normalized spacial score (nSPS) is 26.5. The van der Waals surface area contributed by atoms with Gasteiger partial charge in [-0.05, 0) is 39.5 Å². The van der Waals surface area contributed by atoms with Crippen molar-refractivity contribution in [2.75, 3.05) is 19.6 Å². The number of carbonyl (C=O) groups is 2. The Balaban J connectivity index is 1.70. The Bertz CT molecular complexity index is 375. The standard InChI is InChI=1S/C14H24N2O4/c1-14(2)6-3-11(20-14)9-15-13(19)16-7-4-10(5-8-16)12(17)18/h10-11H,3-9H2,1-2H3,(H,15,19)(H,17,18). The van der Waals surface area contributed by atoms with E-state index in [1.165, 1.54) is 0 Å². The first-order valence-corrected chi connectivity index (χ1v) is 7.31. The summed E-state index contributed by atoms with van der Waals surface area (Å²) in [4.78, 5) is 24.6. The molecule has 2 fully saturated rings. The summed E-state index contributed by atoms with van der Waals surface area (Å²) in [6, 6.07) is -0.109. The van der Waals surface area contributed by atoms with Crippen molar-refractivity contribution < 1.29 is 19.4 Å². The molecular formula is C14H24N2O4. The maximum atomic E-state index is 12.0. The Labute approximate surface area is 119 Å². The highest BCUT2D eigenvalue weighted by molar-refractivity contribution is 5.75. The molecule has 1 unspecified atom stereocenters. The monoisotopic (exact) mass is 284 g/mol. The first-order chi connectivity index (χ1) is 9.37. The highest BCUT2D eigenvalue weighted by Gasteiger charge is 2.32. The van der Waals surface area contributed by atoms with Gasteiger partial charge in [0, 0.05) is 19.6 Å². The van der Waals surface area contributed by atoms with Crippen molar-refractivity contribution in [2.45, 2.75) is 51.2 Å². The predicted octanol–water partition coefficient (Wildman–Crippen LogP) is 1.45. The van der Waals surface area contributed by atoms with Crippen LogP contribution in [0, 0.1) is 5.92 Å². The van der Waals surface area contributed by atoms with Gasteiger partial charge in [0.1, 0.15) is 0 Å². The third-order valence-corrected chi connectivity index (χ3v) is 4.17. The zero-order valence-electron chi connectivity index (χ0n) is 12.2. The van der Waals surface area contributed by atoms with Crippen LogP contribution in [0.2, 0.25) is 0 Å².